The van der Waals surface area contributed by atoms with E-state index in [2.05, 4.69) is 4.98 Å². The van der Waals surface area contributed by atoms with Crippen LogP contribution in [0.3, 0.4) is 0 Å². The summed E-state index contributed by atoms with van der Waals surface area (Å²) in [6.45, 7) is -0.502. The Morgan fingerprint density at radius 3 is 2.69 bits per heavy atom. The second-order valence-electron chi connectivity index (χ2n) is 6.14. The number of fused-ring (bicyclic) bond motifs is 1. The smallest absolute Gasteiger partial charge is 0.306 e. The molecule has 0 spiro atoms. The zero-order valence-corrected chi connectivity index (χ0v) is 16.3. The maximum absolute atomic E-state index is 14.0. The molecule has 0 aliphatic carbocycles. The summed E-state index contributed by atoms with van der Waals surface area (Å²) in [5, 5.41) is 9.61. The summed E-state index contributed by atoms with van der Waals surface area (Å²) in [5.41, 5.74) is 0.937. The molecule has 148 valence electrons. The highest BCUT2D eigenvalue weighted by Crippen LogP contribution is 2.23. The summed E-state index contributed by atoms with van der Waals surface area (Å²) in [6, 6.07) is 15.4. The summed E-state index contributed by atoms with van der Waals surface area (Å²) in [4.78, 5) is 30.1. The van der Waals surface area contributed by atoms with Crippen molar-refractivity contribution < 1.29 is 18.7 Å². The van der Waals surface area contributed by atoms with Crippen LogP contribution in [0.25, 0.3) is 10.2 Å². The molecule has 1 amide bonds. The van der Waals surface area contributed by atoms with E-state index in [9.17, 15) is 14.0 Å². The molecule has 0 unspecified atom stereocenters. The first kappa shape index (κ1) is 20.4. The fourth-order valence-corrected chi connectivity index (χ4v) is 3.71. The van der Waals surface area contributed by atoms with E-state index in [0.717, 1.165) is 20.1 Å². The summed E-state index contributed by atoms with van der Waals surface area (Å²) in [6.07, 6.45) is 0.536. The number of para-hydroxylation sites is 2. The first-order chi connectivity index (χ1) is 14.1. The lowest BCUT2D eigenvalue weighted by molar-refractivity contribution is -0.147. The van der Waals surface area contributed by atoms with Crippen molar-refractivity contribution in [2.75, 3.05) is 18.1 Å². The number of aromatic nitrogens is 1. The summed E-state index contributed by atoms with van der Waals surface area (Å²) in [7, 11) is 0. The van der Waals surface area contributed by atoms with Crippen molar-refractivity contribution in [3.8, 4) is 6.07 Å². The molecule has 8 heteroatoms. The van der Waals surface area contributed by atoms with Gasteiger partial charge in [0.15, 0.2) is 6.61 Å². The topological polar surface area (TPSA) is 83.3 Å². The van der Waals surface area contributed by atoms with E-state index >= 15 is 0 Å². The average Bonchev–Trinajstić information content (AvgIpc) is 3.15. The molecule has 1 heterocycles. The Kier molecular flexibility index (Phi) is 6.87. The highest BCUT2D eigenvalue weighted by Gasteiger charge is 2.20. The highest BCUT2D eigenvalue weighted by molar-refractivity contribution is 7.18. The van der Waals surface area contributed by atoms with Gasteiger partial charge in [-0.1, -0.05) is 24.3 Å². The molecule has 3 rings (SSSR count). The Morgan fingerprint density at radius 1 is 1.17 bits per heavy atom. The first-order valence-electron chi connectivity index (χ1n) is 9.00. The van der Waals surface area contributed by atoms with Crippen molar-refractivity contribution in [2.45, 2.75) is 19.3 Å². The quantitative estimate of drug-likeness (QED) is 0.526. The average molecular weight is 411 g/mol. The van der Waals surface area contributed by atoms with Gasteiger partial charge in [0.05, 0.1) is 39.8 Å². The van der Waals surface area contributed by atoms with Crippen molar-refractivity contribution in [3.05, 3.63) is 59.4 Å². The highest BCUT2D eigenvalue weighted by atomic mass is 32.1. The second-order valence-corrected chi connectivity index (χ2v) is 7.26. The SMILES string of the molecule is N#CCCN(C(=O)COC(=O)CCc1nc2ccccc2s1)c1ccccc1F. The van der Waals surface area contributed by atoms with E-state index in [1.165, 1.54) is 29.5 Å². The van der Waals surface area contributed by atoms with Gasteiger partial charge in [-0.05, 0) is 24.3 Å². The number of hydrogen-bond donors (Lipinski definition) is 0. The molecular weight excluding hydrogens is 393 g/mol. The zero-order chi connectivity index (χ0) is 20.6. The molecule has 0 N–H and O–H groups in total. The van der Waals surface area contributed by atoms with Gasteiger partial charge in [0.25, 0.3) is 5.91 Å². The Bertz CT molecular complexity index is 1030. The standard InChI is InChI=1S/C21H18FN3O3S/c22-15-6-1-3-8-17(15)25(13-5-12-23)20(26)14-28-21(27)11-10-19-24-16-7-2-4-9-18(16)29-19/h1-4,6-9H,5,10-11,13-14H2. The largest absolute Gasteiger partial charge is 0.456 e. The molecule has 1 aromatic heterocycles. The molecule has 0 radical (unpaired) electrons. The van der Waals surface area contributed by atoms with E-state index in [1.54, 1.807) is 6.07 Å². The summed E-state index contributed by atoms with van der Waals surface area (Å²) < 4.78 is 20.1. The van der Waals surface area contributed by atoms with E-state index in [-0.39, 0.29) is 25.1 Å². The van der Waals surface area contributed by atoms with Gasteiger partial charge in [0, 0.05) is 13.0 Å². The first-order valence-corrected chi connectivity index (χ1v) is 9.82. The van der Waals surface area contributed by atoms with Crippen LogP contribution in [-0.4, -0.2) is 30.0 Å². The molecule has 0 aliphatic heterocycles. The molecule has 3 aromatic rings. The Hall–Kier alpha value is -3.31. The number of nitriles is 1. The van der Waals surface area contributed by atoms with E-state index < -0.39 is 24.3 Å². The lowest BCUT2D eigenvalue weighted by Gasteiger charge is -2.22. The minimum Gasteiger partial charge on any atom is -0.456 e. The minimum atomic E-state index is -0.585. The van der Waals surface area contributed by atoms with Crippen molar-refractivity contribution in [3.63, 3.8) is 0 Å². The number of aryl methyl sites for hydroxylation is 1. The van der Waals surface area contributed by atoms with Crippen LogP contribution in [0.1, 0.15) is 17.8 Å². The number of halogens is 1. The number of amides is 1. The molecule has 0 aliphatic rings. The van der Waals surface area contributed by atoms with Crippen molar-refractivity contribution in [1.82, 2.24) is 4.98 Å². The van der Waals surface area contributed by atoms with Gasteiger partial charge >= 0.3 is 5.97 Å². The van der Waals surface area contributed by atoms with Crippen LogP contribution in [0.5, 0.6) is 0 Å². The number of esters is 1. The predicted octanol–water partition coefficient (Wildman–Crippen LogP) is 3.86. The zero-order valence-electron chi connectivity index (χ0n) is 15.5. The third kappa shape index (κ3) is 5.36. The number of anilines is 1. The van der Waals surface area contributed by atoms with Crippen LogP contribution >= 0.6 is 11.3 Å². The fraction of sp³-hybridized carbons (Fsp3) is 0.238. The van der Waals surface area contributed by atoms with Gasteiger partial charge in [-0.25, -0.2) is 9.37 Å². The Labute approximate surface area is 171 Å². The van der Waals surface area contributed by atoms with Gasteiger partial charge in [-0.2, -0.15) is 5.26 Å². The summed E-state index contributed by atoms with van der Waals surface area (Å²) >= 11 is 1.51. The number of benzene rings is 2. The molecule has 29 heavy (non-hydrogen) atoms. The fourth-order valence-electron chi connectivity index (χ4n) is 2.74. The van der Waals surface area contributed by atoms with E-state index in [4.69, 9.17) is 10.00 Å². The lowest BCUT2D eigenvalue weighted by Crippen LogP contribution is -2.36. The maximum atomic E-state index is 14.0. The van der Waals surface area contributed by atoms with Gasteiger partial charge < -0.3 is 9.64 Å². The van der Waals surface area contributed by atoms with Crippen LogP contribution < -0.4 is 4.90 Å². The number of thiazole rings is 1. The Balaban J connectivity index is 1.55. The molecule has 0 saturated carbocycles. The van der Waals surface area contributed by atoms with Crippen LogP contribution in [0, 0.1) is 17.1 Å². The van der Waals surface area contributed by atoms with E-state index in [0.29, 0.717) is 6.42 Å². The summed E-state index contributed by atoms with van der Waals surface area (Å²) in [5.74, 6) is -1.70. The number of rotatable bonds is 8. The molecule has 2 aromatic carbocycles. The van der Waals surface area contributed by atoms with E-state index in [1.807, 2.05) is 30.3 Å². The number of carbonyl (C=O) groups is 2. The van der Waals surface area contributed by atoms with Crippen LogP contribution in [0.15, 0.2) is 48.5 Å². The third-order valence-corrected chi connectivity index (χ3v) is 5.23. The number of ether oxygens (including phenoxy) is 1. The molecule has 6 nitrogen and oxygen atoms in total. The monoisotopic (exact) mass is 411 g/mol. The van der Waals surface area contributed by atoms with Gasteiger partial charge in [0.2, 0.25) is 0 Å². The molecule has 0 atom stereocenters. The number of hydrogen-bond acceptors (Lipinski definition) is 6. The van der Waals surface area contributed by atoms with Crippen LogP contribution in [0.2, 0.25) is 0 Å². The number of carbonyl (C=O) groups excluding carboxylic acids is 2. The van der Waals surface area contributed by atoms with Crippen molar-refractivity contribution in [2.24, 2.45) is 0 Å². The van der Waals surface area contributed by atoms with Crippen LogP contribution in [0.4, 0.5) is 10.1 Å². The van der Waals surface area contributed by atoms with Gasteiger partial charge in [-0.3, -0.25) is 9.59 Å². The minimum absolute atomic E-state index is 0.0134. The van der Waals surface area contributed by atoms with Crippen molar-refractivity contribution in [1.29, 1.82) is 5.26 Å². The Morgan fingerprint density at radius 2 is 1.93 bits per heavy atom. The molecule has 0 bridgehead atoms. The maximum Gasteiger partial charge on any atom is 0.306 e. The third-order valence-electron chi connectivity index (χ3n) is 4.13. The van der Waals surface area contributed by atoms with Gasteiger partial charge in [0.1, 0.15) is 5.82 Å². The number of nitrogens with zero attached hydrogens (tertiary/aromatic N) is 3. The van der Waals surface area contributed by atoms with Crippen LogP contribution in [-0.2, 0) is 20.7 Å². The second kappa shape index (κ2) is 9.75. The predicted molar refractivity (Wildman–Crippen MR) is 108 cm³/mol. The molecule has 0 saturated heterocycles. The normalized spacial score (nSPS) is 10.5. The molecule has 0 fully saturated rings. The lowest BCUT2D eigenvalue weighted by atomic mass is 10.2. The van der Waals surface area contributed by atoms with Crippen molar-refractivity contribution >= 4 is 39.1 Å². The van der Waals surface area contributed by atoms with Gasteiger partial charge in [-0.15, -0.1) is 11.3 Å². The molecular formula is C21H18FN3O3S.